The second-order valence-electron chi connectivity index (χ2n) is 6.04. The van der Waals surface area contributed by atoms with Gasteiger partial charge in [-0.2, -0.15) is 8.78 Å². The zero-order chi connectivity index (χ0) is 17.4. The Labute approximate surface area is 140 Å². The summed E-state index contributed by atoms with van der Waals surface area (Å²) in [6.07, 6.45) is 4.99. The van der Waals surface area contributed by atoms with Crippen LogP contribution in [-0.2, 0) is 6.54 Å². The van der Waals surface area contributed by atoms with Gasteiger partial charge in [-0.05, 0) is 30.5 Å². The lowest BCUT2D eigenvalue weighted by Crippen LogP contribution is -2.45. The smallest absolute Gasteiger partial charge is 0.387 e. The summed E-state index contributed by atoms with van der Waals surface area (Å²) >= 11 is 0. The van der Waals surface area contributed by atoms with Gasteiger partial charge in [0.05, 0.1) is 0 Å². The van der Waals surface area contributed by atoms with Crippen LogP contribution < -0.4 is 15.4 Å². The monoisotopic (exact) mass is 342 g/mol. The van der Waals surface area contributed by atoms with Gasteiger partial charge in [-0.15, -0.1) is 0 Å². The van der Waals surface area contributed by atoms with Gasteiger partial charge in [0, 0.05) is 25.1 Å². The minimum absolute atomic E-state index is 0.0361. The van der Waals surface area contributed by atoms with Crippen LogP contribution in [0.5, 0.6) is 5.75 Å². The van der Waals surface area contributed by atoms with Gasteiger partial charge in [-0.25, -0.2) is 4.79 Å². The Morgan fingerprint density at radius 3 is 2.83 bits per heavy atom. The van der Waals surface area contributed by atoms with Crippen LogP contribution in [0.3, 0.4) is 0 Å². The molecule has 0 saturated heterocycles. The molecular formula is C17H24F2N2O3. The van der Waals surface area contributed by atoms with Crippen LogP contribution in [-0.4, -0.2) is 30.4 Å². The number of carbonyl (C=O) groups is 1. The fourth-order valence-electron chi connectivity index (χ4n) is 3.03. The molecule has 2 rings (SSSR count). The summed E-state index contributed by atoms with van der Waals surface area (Å²) in [5.41, 5.74) is 0.669. The molecule has 0 spiro atoms. The van der Waals surface area contributed by atoms with E-state index < -0.39 is 6.61 Å². The van der Waals surface area contributed by atoms with Gasteiger partial charge >= 0.3 is 12.6 Å². The third-order valence-corrected chi connectivity index (χ3v) is 4.29. The average Bonchev–Trinajstić information content (AvgIpc) is 2.77. The molecule has 1 aliphatic carbocycles. The Morgan fingerprint density at radius 2 is 2.08 bits per heavy atom. The summed E-state index contributed by atoms with van der Waals surface area (Å²) in [5.74, 6) is 0.148. The Hall–Kier alpha value is -1.89. The molecule has 0 aromatic heterocycles. The molecule has 0 aliphatic heterocycles. The third-order valence-electron chi connectivity index (χ3n) is 4.29. The summed E-state index contributed by atoms with van der Waals surface area (Å²) in [6, 6.07) is 5.87. The minimum atomic E-state index is -2.87. The van der Waals surface area contributed by atoms with E-state index in [4.69, 9.17) is 0 Å². The first-order chi connectivity index (χ1) is 11.6. The summed E-state index contributed by atoms with van der Waals surface area (Å²) in [5, 5.41) is 15.1. The molecule has 1 aliphatic rings. The van der Waals surface area contributed by atoms with Crippen molar-refractivity contribution >= 4 is 6.03 Å². The molecule has 2 amide bonds. The number of benzene rings is 1. The number of hydrogen-bond donors (Lipinski definition) is 3. The Bertz CT molecular complexity index is 528. The molecule has 1 saturated carbocycles. The first-order valence-corrected chi connectivity index (χ1v) is 8.27. The third kappa shape index (κ3) is 5.96. The van der Waals surface area contributed by atoms with Crippen molar-refractivity contribution in [2.75, 3.05) is 6.61 Å². The summed E-state index contributed by atoms with van der Waals surface area (Å²) in [6.45, 7) is -2.59. The fraction of sp³-hybridized carbons (Fsp3) is 0.588. The number of rotatable bonds is 6. The summed E-state index contributed by atoms with van der Waals surface area (Å²) in [4.78, 5) is 12.1. The highest BCUT2D eigenvalue weighted by Gasteiger charge is 2.24. The number of hydrogen-bond acceptors (Lipinski definition) is 3. The molecule has 2 unspecified atom stereocenters. The van der Waals surface area contributed by atoms with Gasteiger partial charge in [0.2, 0.25) is 0 Å². The summed E-state index contributed by atoms with van der Waals surface area (Å²) < 4.78 is 28.8. The fourth-order valence-corrected chi connectivity index (χ4v) is 3.03. The number of halogens is 2. The average molecular weight is 342 g/mol. The molecule has 3 N–H and O–H groups in total. The topological polar surface area (TPSA) is 70.6 Å². The van der Waals surface area contributed by atoms with E-state index in [1.54, 1.807) is 12.1 Å². The lowest BCUT2D eigenvalue weighted by Gasteiger charge is -2.24. The molecule has 7 heteroatoms. The second kappa shape index (κ2) is 9.42. The van der Waals surface area contributed by atoms with Crippen LogP contribution in [0.2, 0.25) is 0 Å². The predicted octanol–water partition coefficient (Wildman–Crippen LogP) is 3.03. The van der Waals surface area contributed by atoms with Crippen LogP contribution in [0, 0.1) is 5.92 Å². The number of urea groups is 1. The second-order valence-corrected chi connectivity index (χ2v) is 6.04. The molecule has 134 valence electrons. The van der Waals surface area contributed by atoms with Gasteiger partial charge in [-0.1, -0.05) is 31.4 Å². The highest BCUT2D eigenvalue weighted by atomic mass is 19.3. The van der Waals surface area contributed by atoms with Crippen molar-refractivity contribution in [1.29, 1.82) is 0 Å². The number of nitrogens with one attached hydrogen (secondary N) is 2. The number of carbonyl (C=O) groups excluding carboxylic acids is 1. The standard InChI is InChI=1S/C17H24F2N2O3/c18-16(19)24-14-7-4-5-12(9-14)10-20-17(23)21-15-8-3-1-2-6-13(15)11-22/h4-5,7,9,13,15-16,22H,1-3,6,8,10-11H2,(H2,20,21,23). The maximum Gasteiger partial charge on any atom is 0.387 e. The molecule has 1 aromatic rings. The molecule has 0 heterocycles. The van der Waals surface area contributed by atoms with E-state index in [9.17, 15) is 18.7 Å². The number of aliphatic hydroxyl groups excluding tert-OH is 1. The number of aliphatic hydroxyl groups is 1. The minimum Gasteiger partial charge on any atom is -0.435 e. The quantitative estimate of drug-likeness (QED) is 0.696. The van der Waals surface area contributed by atoms with Crippen LogP contribution in [0.1, 0.15) is 37.7 Å². The van der Waals surface area contributed by atoms with Crippen molar-refractivity contribution in [2.24, 2.45) is 5.92 Å². The largest absolute Gasteiger partial charge is 0.435 e. The lowest BCUT2D eigenvalue weighted by molar-refractivity contribution is -0.0498. The normalized spacial score (nSPS) is 21.2. The van der Waals surface area contributed by atoms with E-state index in [-0.39, 0.29) is 36.9 Å². The molecule has 24 heavy (non-hydrogen) atoms. The number of alkyl halides is 2. The first-order valence-electron chi connectivity index (χ1n) is 8.27. The van der Waals surface area contributed by atoms with Crippen molar-refractivity contribution in [3.05, 3.63) is 29.8 Å². The lowest BCUT2D eigenvalue weighted by atomic mass is 9.96. The Balaban J connectivity index is 1.84. The molecular weight excluding hydrogens is 318 g/mol. The van der Waals surface area contributed by atoms with E-state index >= 15 is 0 Å². The van der Waals surface area contributed by atoms with Crippen molar-refractivity contribution in [3.8, 4) is 5.75 Å². The molecule has 1 aromatic carbocycles. The van der Waals surface area contributed by atoms with Crippen LogP contribution in [0.25, 0.3) is 0 Å². The van der Waals surface area contributed by atoms with Gasteiger partial charge in [0.1, 0.15) is 5.75 Å². The Kier molecular flexibility index (Phi) is 7.24. The maximum absolute atomic E-state index is 12.2. The van der Waals surface area contributed by atoms with Crippen LogP contribution in [0.4, 0.5) is 13.6 Å². The summed E-state index contributed by atoms with van der Waals surface area (Å²) in [7, 11) is 0. The molecule has 0 radical (unpaired) electrons. The molecule has 1 fully saturated rings. The zero-order valence-corrected chi connectivity index (χ0v) is 13.5. The van der Waals surface area contributed by atoms with Crippen LogP contribution >= 0.6 is 0 Å². The maximum atomic E-state index is 12.2. The van der Waals surface area contributed by atoms with Gasteiger partial charge < -0.3 is 20.5 Å². The van der Waals surface area contributed by atoms with Gasteiger partial charge in [0.25, 0.3) is 0 Å². The van der Waals surface area contributed by atoms with E-state index in [1.807, 2.05) is 0 Å². The number of ether oxygens (including phenoxy) is 1. The van der Waals surface area contributed by atoms with E-state index in [2.05, 4.69) is 15.4 Å². The Morgan fingerprint density at radius 1 is 1.29 bits per heavy atom. The predicted molar refractivity (Wildman–Crippen MR) is 85.9 cm³/mol. The van der Waals surface area contributed by atoms with Crippen molar-refractivity contribution in [2.45, 2.75) is 51.3 Å². The molecule has 5 nitrogen and oxygen atoms in total. The molecule has 0 bridgehead atoms. The van der Waals surface area contributed by atoms with Crippen LogP contribution in [0.15, 0.2) is 24.3 Å². The SMILES string of the molecule is O=C(NCc1cccc(OC(F)F)c1)NC1CCCCCC1CO. The van der Waals surface area contributed by atoms with E-state index in [0.29, 0.717) is 5.56 Å². The zero-order valence-electron chi connectivity index (χ0n) is 13.5. The van der Waals surface area contributed by atoms with Crippen molar-refractivity contribution in [1.82, 2.24) is 10.6 Å². The van der Waals surface area contributed by atoms with Gasteiger partial charge in [-0.3, -0.25) is 0 Å². The molecule has 2 atom stereocenters. The van der Waals surface area contributed by atoms with E-state index in [0.717, 1.165) is 32.1 Å². The number of amides is 2. The van der Waals surface area contributed by atoms with Gasteiger partial charge in [0.15, 0.2) is 0 Å². The van der Waals surface area contributed by atoms with E-state index in [1.165, 1.54) is 12.1 Å². The first kappa shape index (κ1) is 18.4. The highest BCUT2D eigenvalue weighted by Crippen LogP contribution is 2.23. The van der Waals surface area contributed by atoms with Crippen molar-refractivity contribution < 1.29 is 23.4 Å². The van der Waals surface area contributed by atoms with Crippen molar-refractivity contribution in [3.63, 3.8) is 0 Å². The highest BCUT2D eigenvalue weighted by molar-refractivity contribution is 5.74.